The highest BCUT2D eigenvalue weighted by Crippen LogP contribution is 2.24. The van der Waals surface area contributed by atoms with Gasteiger partial charge in [-0.1, -0.05) is 20.8 Å². The van der Waals surface area contributed by atoms with Gasteiger partial charge in [0.2, 0.25) is 0 Å². The second kappa shape index (κ2) is 4.42. The van der Waals surface area contributed by atoms with Crippen molar-refractivity contribution in [2.45, 2.75) is 32.7 Å². The van der Waals surface area contributed by atoms with Crippen LogP contribution in [0.1, 0.15) is 31.5 Å². The predicted molar refractivity (Wildman–Crippen MR) is 74.3 cm³/mol. The summed E-state index contributed by atoms with van der Waals surface area (Å²) in [5.41, 5.74) is 6.89. The van der Waals surface area contributed by atoms with Crippen molar-refractivity contribution < 1.29 is 0 Å². The lowest BCUT2D eigenvalue weighted by Crippen LogP contribution is -2.12. The Morgan fingerprint density at radius 2 is 2.18 bits per heavy atom. The number of aromatic nitrogens is 3. The van der Waals surface area contributed by atoms with Gasteiger partial charge in [0, 0.05) is 17.0 Å². The van der Waals surface area contributed by atoms with Crippen LogP contribution in [0, 0.1) is 0 Å². The van der Waals surface area contributed by atoms with E-state index in [1.165, 1.54) is 0 Å². The minimum atomic E-state index is 0.0957. The Hall–Kier alpha value is -0.880. The average molecular weight is 315 g/mol. The minimum Gasteiger partial charge on any atom is -0.381 e. The average Bonchev–Trinajstić information content (AvgIpc) is 2.75. The first kappa shape index (κ1) is 12.6. The largest absolute Gasteiger partial charge is 0.381 e. The highest BCUT2D eigenvalue weighted by molar-refractivity contribution is 9.10. The molecule has 0 aromatic carbocycles. The highest BCUT2D eigenvalue weighted by atomic mass is 79.9. The van der Waals surface area contributed by atoms with Gasteiger partial charge in [-0.3, -0.25) is 4.68 Å². The highest BCUT2D eigenvalue weighted by Gasteiger charge is 2.17. The summed E-state index contributed by atoms with van der Waals surface area (Å²) < 4.78 is 2.62. The third kappa shape index (κ3) is 2.87. The monoisotopic (exact) mass is 314 g/mol. The maximum atomic E-state index is 5.67. The lowest BCUT2D eigenvalue weighted by Gasteiger charge is -2.14. The molecule has 0 saturated heterocycles. The molecule has 0 aliphatic heterocycles. The second-order valence-corrected chi connectivity index (χ2v) is 6.73. The van der Waals surface area contributed by atoms with E-state index in [0.29, 0.717) is 12.4 Å². The maximum absolute atomic E-state index is 5.67. The molecule has 0 unspecified atom stereocenters. The van der Waals surface area contributed by atoms with E-state index < -0.39 is 0 Å². The Morgan fingerprint density at radius 1 is 1.47 bits per heavy atom. The van der Waals surface area contributed by atoms with E-state index in [1.54, 1.807) is 16.0 Å². The Bertz CT molecular complexity index is 504. The van der Waals surface area contributed by atoms with Crippen molar-refractivity contribution in [3.8, 4) is 0 Å². The molecule has 0 aliphatic rings. The van der Waals surface area contributed by atoms with Crippen molar-refractivity contribution in [3.05, 3.63) is 26.8 Å². The fraction of sp³-hybridized carbons (Fsp3) is 0.455. The molecule has 0 aliphatic carbocycles. The zero-order valence-electron chi connectivity index (χ0n) is 10.1. The van der Waals surface area contributed by atoms with Gasteiger partial charge in [-0.05, 0) is 15.9 Å². The number of nitrogen functional groups attached to an aromatic ring is 1. The number of hydrogen-bond donors (Lipinski definition) is 1. The topological polar surface area (TPSA) is 56.7 Å². The molecule has 2 aromatic heterocycles. The molecule has 92 valence electrons. The molecular formula is C11H15BrN4S. The number of anilines is 1. The summed E-state index contributed by atoms with van der Waals surface area (Å²) in [6, 6.07) is 0. The summed E-state index contributed by atoms with van der Waals surface area (Å²) >= 11 is 5.00. The number of nitrogens with two attached hydrogens (primary N) is 1. The van der Waals surface area contributed by atoms with E-state index in [9.17, 15) is 0 Å². The Labute approximate surface area is 113 Å². The van der Waals surface area contributed by atoms with Gasteiger partial charge < -0.3 is 5.73 Å². The molecule has 2 N–H and O–H groups in total. The first-order valence-electron chi connectivity index (χ1n) is 5.29. The van der Waals surface area contributed by atoms with E-state index in [2.05, 4.69) is 52.2 Å². The fourth-order valence-corrected chi connectivity index (χ4v) is 2.69. The number of rotatable bonds is 2. The van der Waals surface area contributed by atoms with Crippen LogP contribution in [0.5, 0.6) is 0 Å². The van der Waals surface area contributed by atoms with Crippen LogP contribution >= 0.6 is 27.3 Å². The third-order valence-electron chi connectivity index (χ3n) is 2.36. The zero-order chi connectivity index (χ0) is 12.6. The first-order chi connectivity index (χ1) is 7.86. The van der Waals surface area contributed by atoms with Crippen molar-refractivity contribution in [1.29, 1.82) is 0 Å². The summed E-state index contributed by atoms with van der Waals surface area (Å²) in [6.45, 7) is 7.15. The molecule has 0 bridgehead atoms. The molecule has 6 heteroatoms. The van der Waals surface area contributed by atoms with Gasteiger partial charge in [0.15, 0.2) is 5.82 Å². The number of thiazole rings is 1. The van der Waals surface area contributed by atoms with Crippen LogP contribution in [-0.4, -0.2) is 14.8 Å². The van der Waals surface area contributed by atoms with Crippen molar-refractivity contribution in [3.63, 3.8) is 0 Å². The number of halogens is 1. The van der Waals surface area contributed by atoms with E-state index in [0.717, 1.165) is 15.2 Å². The lowest BCUT2D eigenvalue weighted by molar-refractivity contribution is 0.568. The van der Waals surface area contributed by atoms with Gasteiger partial charge in [0.1, 0.15) is 5.01 Å². The van der Waals surface area contributed by atoms with Crippen LogP contribution in [-0.2, 0) is 12.0 Å². The number of hydrogen-bond acceptors (Lipinski definition) is 4. The summed E-state index contributed by atoms with van der Waals surface area (Å²) in [6.07, 6.45) is 1.87. The van der Waals surface area contributed by atoms with Crippen molar-refractivity contribution in [2.75, 3.05) is 5.73 Å². The van der Waals surface area contributed by atoms with Gasteiger partial charge in [-0.15, -0.1) is 11.3 Å². The summed E-state index contributed by atoms with van der Waals surface area (Å²) in [4.78, 5) is 4.62. The molecule has 2 aromatic rings. The van der Waals surface area contributed by atoms with Gasteiger partial charge in [-0.2, -0.15) is 5.10 Å². The second-order valence-electron chi connectivity index (χ2n) is 4.94. The van der Waals surface area contributed by atoms with Gasteiger partial charge in [0.05, 0.1) is 16.7 Å². The van der Waals surface area contributed by atoms with Crippen LogP contribution in [0.3, 0.4) is 0 Å². The lowest BCUT2D eigenvalue weighted by atomic mass is 9.93. The standard InChI is InChI=1S/C11H15BrN4S/c1-11(2,3)8-6-17-9(14-8)5-16-4-7(12)10(13)15-16/h4,6H,5H2,1-3H3,(H2,13,15). The Kier molecular flexibility index (Phi) is 3.27. The van der Waals surface area contributed by atoms with Crippen molar-refractivity contribution >= 4 is 33.1 Å². The summed E-state index contributed by atoms with van der Waals surface area (Å²) in [5, 5.41) is 7.35. The smallest absolute Gasteiger partial charge is 0.159 e. The molecule has 0 atom stereocenters. The van der Waals surface area contributed by atoms with Crippen LogP contribution < -0.4 is 5.73 Å². The molecule has 0 saturated carbocycles. The number of nitrogens with zero attached hydrogens (tertiary/aromatic N) is 3. The van der Waals surface area contributed by atoms with Gasteiger partial charge in [-0.25, -0.2) is 4.98 Å². The van der Waals surface area contributed by atoms with E-state index in [4.69, 9.17) is 5.73 Å². The normalized spacial score (nSPS) is 12.0. The summed E-state index contributed by atoms with van der Waals surface area (Å²) in [7, 11) is 0. The Balaban J connectivity index is 2.17. The van der Waals surface area contributed by atoms with Crippen molar-refractivity contribution in [2.24, 2.45) is 0 Å². The van der Waals surface area contributed by atoms with E-state index >= 15 is 0 Å². The third-order valence-corrected chi connectivity index (χ3v) is 3.81. The van der Waals surface area contributed by atoms with Crippen LogP contribution in [0.15, 0.2) is 16.0 Å². The fourth-order valence-electron chi connectivity index (χ4n) is 1.36. The molecule has 0 radical (unpaired) electrons. The summed E-state index contributed by atoms with van der Waals surface area (Å²) in [5.74, 6) is 0.512. The van der Waals surface area contributed by atoms with Crippen LogP contribution in [0.4, 0.5) is 5.82 Å². The van der Waals surface area contributed by atoms with Crippen molar-refractivity contribution in [1.82, 2.24) is 14.8 Å². The minimum absolute atomic E-state index is 0.0957. The predicted octanol–water partition coefficient (Wildman–Crippen LogP) is 3.03. The van der Waals surface area contributed by atoms with Gasteiger partial charge in [0.25, 0.3) is 0 Å². The maximum Gasteiger partial charge on any atom is 0.159 e. The molecule has 2 rings (SSSR count). The molecule has 2 heterocycles. The van der Waals surface area contributed by atoms with Crippen LogP contribution in [0.25, 0.3) is 0 Å². The SMILES string of the molecule is CC(C)(C)c1csc(Cn2cc(Br)c(N)n2)n1. The molecule has 0 fully saturated rings. The molecule has 4 nitrogen and oxygen atoms in total. The van der Waals surface area contributed by atoms with E-state index in [-0.39, 0.29) is 5.41 Å². The molecule has 17 heavy (non-hydrogen) atoms. The molecular weight excluding hydrogens is 300 g/mol. The first-order valence-corrected chi connectivity index (χ1v) is 6.97. The van der Waals surface area contributed by atoms with Crippen LogP contribution in [0.2, 0.25) is 0 Å². The molecule has 0 spiro atoms. The molecule has 0 amide bonds. The quantitative estimate of drug-likeness (QED) is 0.927. The zero-order valence-corrected chi connectivity index (χ0v) is 12.5. The Morgan fingerprint density at radius 3 is 2.65 bits per heavy atom. The van der Waals surface area contributed by atoms with E-state index in [1.807, 2.05) is 6.20 Å². The van der Waals surface area contributed by atoms with Gasteiger partial charge >= 0.3 is 0 Å².